The van der Waals surface area contributed by atoms with Crippen molar-refractivity contribution in [2.24, 2.45) is 0 Å². The Morgan fingerprint density at radius 2 is 1.74 bits per heavy atom. The first-order chi connectivity index (χ1) is 12.4. The number of rotatable bonds is 4. The van der Waals surface area contributed by atoms with E-state index in [4.69, 9.17) is 0 Å². The molecule has 3 rings (SSSR count). The van der Waals surface area contributed by atoms with Crippen LogP contribution in [0.3, 0.4) is 0 Å². The third kappa shape index (κ3) is 4.97. The van der Waals surface area contributed by atoms with Crippen molar-refractivity contribution in [3.63, 3.8) is 0 Å². The van der Waals surface area contributed by atoms with Crippen molar-refractivity contribution < 1.29 is 17.6 Å². The van der Waals surface area contributed by atoms with Crippen molar-refractivity contribution in [3.05, 3.63) is 59.4 Å². The molecule has 2 N–H and O–H groups in total. The first-order valence-corrected chi connectivity index (χ1v) is 9.74. The predicted molar refractivity (Wildman–Crippen MR) is 104 cm³/mol. The highest BCUT2D eigenvalue weighted by Gasteiger charge is 2.19. The number of carbonyl (C=O) groups excluding carboxylic acids is 1. The second-order valence-corrected chi connectivity index (χ2v) is 7.82. The molecule has 0 unspecified atom stereocenters. The third-order valence-electron chi connectivity index (χ3n) is 4.23. The van der Waals surface area contributed by atoms with Crippen LogP contribution in [0.15, 0.2) is 47.4 Å². The summed E-state index contributed by atoms with van der Waals surface area (Å²) in [7, 11) is -3.83. The van der Waals surface area contributed by atoms with Gasteiger partial charge in [0.1, 0.15) is 5.82 Å². The van der Waals surface area contributed by atoms with Crippen LogP contribution in [0.5, 0.6) is 0 Å². The van der Waals surface area contributed by atoms with Gasteiger partial charge in [-0.25, -0.2) is 12.8 Å². The lowest BCUT2D eigenvalue weighted by Crippen LogP contribution is -2.46. The van der Waals surface area contributed by atoms with E-state index < -0.39 is 15.8 Å². The number of aryl methyl sites for hydroxylation is 1. The maximum absolute atomic E-state index is 13.3. The zero-order chi connectivity index (χ0) is 18.7. The number of sulfonamides is 1. The van der Waals surface area contributed by atoms with E-state index in [2.05, 4.69) is 10.0 Å². The van der Waals surface area contributed by atoms with Gasteiger partial charge in [-0.3, -0.25) is 9.52 Å². The molecule has 0 saturated carbocycles. The highest BCUT2D eigenvalue weighted by molar-refractivity contribution is 7.92. The molecular formula is C18H21ClFN3O3S. The van der Waals surface area contributed by atoms with E-state index in [-0.39, 0.29) is 28.8 Å². The number of halogens is 2. The van der Waals surface area contributed by atoms with Crippen LogP contribution in [-0.2, 0) is 10.0 Å². The highest BCUT2D eigenvalue weighted by atomic mass is 35.5. The molecule has 1 heterocycles. The molecule has 0 radical (unpaired) electrons. The van der Waals surface area contributed by atoms with Crippen molar-refractivity contribution in [1.29, 1.82) is 0 Å². The molecule has 1 saturated heterocycles. The zero-order valence-electron chi connectivity index (χ0n) is 14.7. The largest absolute Gasteiger partial charge is 0.336 e. The van der Waals surface area contributed by atoms with Crippen LogP contribution in [0.4, 0.5) is 10.1 Å². The first-order valence-electron chi connectivity index (χ1n) is 8.26. The number of amides is 1. The number of nitrogens with one attached hydrogen (secondary N) is 2. The number of hydrogen-bond donors (Lipinski definition) is 2. The fraction of sp³-hybridized carbons (Fsp3) is 0.278. The van der Waals surface area contributed by atoms with Gasteiger partial charge in [0.05, 0.1) is 4.90 Å². The van der Waals surface area contributed by atoms with Crippen molar-refractivity contribution in [3.8, 4) is 0 Å². The summed E-state index contributed by atoms with van der Waals surface area (Å²) in [4.78, 5) is 14.2. The lowest BCUT2D eigenvalue weighted by Gasteiger charge is -2.27. The Labute approximate surface area is 164 Å². The molecule has 1 aliphatic heterocycles. The SMILES string of the molecule is Cc1cc(S(=O)(=O)Nc2ccc(C(=O)N3CCNCC3)cc2)ccc1F.Cl. The topological polar surface area (TPSA) is 78.5 Å². The normalized spacial score (nSPS) is 14.4. The molecule has 2 aromatic rings. The van der Waals surface area contributed by atoms with Crippen molar-refractivity contribution in [2.45, 2.75) is 11.8 Å². The van der Waals surface area contributed by atoms with Crippen LogP contribution >= 0.6 is 12.4 Å². The molecule has 2 aromatic carbocycles. The Morgan fingerprint density at radius 1 is 1.11 bits per heavy atom. The fourth-order valence-corrected chi connectivity index (χ4v) is 3.87. The van der Waals surface area contributed by atoms with Crippen molar-refractivity contribution >= 4 is 34.0 Å². The van der Waals surface area contributed by atoms with Crippen LogP contribution in [-0.4, -0.2) is 45.4 Å². The number of hydrogen-bond acceptors (Lipinski definition) is 4. The Kier molecular flexibility index (Phi) is 6.80. The molecule has 1 amide bonds. The minimum Gasteiger partial charge on any atom is -0.336 e. The number of benzene rings is 2. The van der Waals surface area contributed by atoms with E-state index in [0.29, 0.717) is 24.3 Å². The zero-order valence-corrected chi connectivity index (χ0v) is 16.4. The summed E-state index contributed by atoms with van der Waals surface area (Å²) in [6, 6.07) is 9.90. The smallest absolute Gasteiger partial charge is 0.261 e. The molecule has 0 aliphatic carbocycles. The van der Waals surface area contributed by atoms with E-state index in [1.807, 2.05) is 0 Å². The lowest BCUT2D eigenvalue weighted by molar-refractivity contribution is 0.0736. The van der Waals surface area contributed by atoms with Crippen LogP contribution in [0.2, 0.25) is 0 Å². The lowest BCUT2D eigenvalue weighted by atomic mass is 10.1. The summed E-state index contributed by atoms with van der Waals surface area (Å²) in [5.74, 6) is -0.533. The van der Waals surface area contributed by atoms with E-state index in [0.717, 1.165) is 19.2 Å². The average molecular weight is 414 g/mol. The number of anilines is 1. The standard InChI is InChI=1S/C18H20FN3O3S.ClH/c1-13-12-16(6-7-17(13)19)26(24,25)21-15-4-2-14(3-5-15)18(23)22-10-8-20-9-11-22;/h2-7,12,20-21H,8-11H2,1H3;1H. The Bertz CT molecular complexity index is 914. The van der Waals surface area contributed by atoms with Gasteiger partial charge in [0.25, 0.3) is 15.9 Å². The first kappa shape index (κ1) is 21.1. The highest BCUT2D eigenvalue weighted by Crippen LogP contribution is 2.19. The molecule has 9 heteroatoms. The molecule has 1 aliphatic rings. The van der Waals surface area contributed by atoms with Crippen LogP contribution in [0, 0.1) is 12.7 Å². The number of carbonyl (C=O) groups is 1. The van der Waals surface area contributed by atoms with E-state index in [1.54, 1.807) is 29.2 Å². The van der Waals surface area contributed by atoms with Crippen LogP contribution in [0.1, 0.15) is 15.9 Å². The molecule has 0 atom stereocenters. The Morgan fingerprint density at radius 3 is 2.33 bits per heavy atom. The molecule has 146 valence electrons. The summed E-state index contributed by atoms with van der Waals surface area (Å²) in [5.41, 5.74) is 1.10. The fourth-order valence-electron chi connectivity index (χ4n) is 2.73. The molecule has 0 aromatic heterocycles. The summed E-state index contributed by atoms with van der Waals surface area (Å²) in [5, 5.41) is 3.18. The van der Waals surface area contributed by atoms with Crippen molar-refractivity contribution in [1.82, 2.24) is 10.2 Å². The molecule has 0 spiro atoms. The van der Waals surface area contributed by atoms with Gasteiger partial charge in [-0.1, -0.05) is 0 Å². The minimum atomic E-state index is -3.83. The number of piperazine rings is 1. The predicted octanol–water partition coefficient (Wildman–Crippen LogP) is 2.40. The minimum absolute atomic E-state index is 0. The summed E-state index contributed by atoms with van der Waals surface area (Å²) in [6.45, 7) is 4.33. The maximum atomic E-state index is 13.3. The van der Waals surface area contributed by atoms with Gasteiger partial charge in [0, 0.05) is 37.4 Å². The van der Waals surface area contributed by atoms with Crippen LogP contribution < -0.4 is 10.0 Å². The number of nitrogens with zero attached hydrogens (tertiary/aromatic N) is 1. The quantitative estimate of drug-likeness (QED) is 0.806. The van der Waals surface area contributed by atoms with Crippen molar-refractivity contribution in [2.75, 3.05) is 30.9 Å². The second-order valence-electron chi connectivity index (χ2n) is 6.14. The summed E-state index contributed by atoms with van der Waals surface area (Å²) >= 11 is 0. The van der Waals surface area contributed by atoms with E-state index >= 15 is 0 Å². The summed E-state index contributed by atoms with van der Waals surface area (Å²) < 4.78 is 40.6. The molecule has 27 heavy (non-hydrogen) atoms. The maximum Gasteiger partial charge on any atom is 0.261 e. The Hall–Kier alpha value is -2.16. The van der Waals surface area contributed by atoms with Gasteiger partial charge >= 0.3 is 0 Å². The van der Waals surface area contributed by atoms with E-state index in [1.165, 1.54) is 19.1 Å². The van der Waals surface area contributed by atoms with Gasteiger partial charge in [0.15, 0.2) is 0 Å². The van der Waals surface area contributed by atoms with Crippen LogP contribution in [0.25, 0.3) is 0 Å². The molecule has 6 nitrogen and oxygen atoms in total. The van der Waals surface area contributed by atoms with Gasteiger partial charge in [-0.05, 0) is 55.0 Å². The monoisotopic (exact) mass is 413 g/mol. The van der Waals surface area contributed by atoms with Gasteiger partial charge < -0.3 is 10.2 Å². The van der Waals surface area contributed by atoms with Gasteiger partial charge in [0.2, 0.25) is 0 Å². The molecular weight excluding hydrogens is 393 g/mol. The summed E-state index contributed by atoms with van der Waals surface area (Å²) in [6.07, 6.45) is 0. The Balaban J connectivity index is 0.00000261. The third-order valence-corrected chi connectivity index (χ3v) is 5.61. The average Bonchev–Trinajstić information content (AvgIpc) is 2.64. The molecule has 0 bridgehead atoms. The van der Waals surface area contributed by atoms with Gasteiger partial charge in [-0.2, -0.15) is 0 Å². The second kappa shape index (κ2) is 8.69. The van der Waals surface area contributed by atoms with Gasteiger partial charge in [-0.15, -0.1) is 12.4 Å². The van der Waals surface area contributed by atoms with E-state index in [9.17, 15) is 17.6 Å². The molecule has 1 fully saturated rings.